The maximum absolute atomic E-state index is 13.6. The molecule has 1 aromatic heterocycles. The molecule has 0 saturated carbocycles. The molecule has 1 amide bonds. The molecule has 0 unspecified atom stereocenters. The predicted octanol–water partition coefficient (Wildman–Crippen LogP) is 3.88. The number of aryl methyl sites for hydroxylation is 2. The Kier molecular flexibility index (Phi) is 4.07. The predicted molar refractivity (Wildman–Crippen MR) is 83.5 cm³/mol. The van der Waals surface area contributed by atoms with E-state index >= 15 is 0 Å². The summed E-state index contributed by atoms with van der Waals surface area (Å²) in [6, 6.07) is 8.25. The van der Waals surface area contributed by atoms with Crippen LogP contribution in [0.2, 0.25) is 0 Å². The van der Waals surface area contributed by atoms with Crippen LogP contribution < -0.4 is 5.32 Å². The summed E-state index contributed by atoms with van der Waals surface area (Å²) < 4.78 is 31.9. The minimum Gasteiger partial charge on any atom is -0.403 e. The van der Waals surface area contributed by atoms with Gasteiger partial charge in [0, 0.05) is 11.6 Å². The molecule has 7 heteroatoms. The van der Waals surface area contributed by atoms with Crippen LogP contribution in [0.1, 0.15) is 21.5 Å². The zero-order chi connectivity index (χ0) is 17.3. The summed E-state index contributed by atoms with van der Waals surface area (Å²) >= 11 is 0. The SMILES string of the molecule is Cc1ccc(C)c(-c2nnc(NC(=O)c3ccc(F)cc3F)o2)c1. The van der Waals surface area contributed by atoms with E-state index in [9.17, 15) is 13.6 Å². The van der Waals surface area contributed by atoms with Crippen molar-refractivity contribution >= 4 is 11.9 Å². The number of rotatable bonds is 3. The van der Waals surface area contributed by atoms with E-state index in [-0.39, 0.29) is 17.5 Å². The highest BCUT2D eigenvalue weighted by molar-refractivity contribution is 6.03. The van der Waals surface area contributed by atoms with E-state index in [1.54, 1.807) is 0 Å². The molecule has 0 radical (unpaired) electrons. The van der Waals surface area contributed by atoms with E-state index in [1.165, 1.54) is 0 Å². The molecule has 0 fully saturated rings. The van der Waals surface area contributed by atoms with Gasteiger partial charge in [0.05, 0.1) is 5.56 Å². The van der Waals surface area contributed by atoms with Crippen LogP contribution in [-0.2, 0) is 0 Å². The van der Waals surface area contributed by atoms with E-state index < -0.39 is 17.5 Å². The van der Waals surface area contributed by atoms with E-state index in [0.29, 0.717) is 6.07 Å². The minimum atomic E-state index is -0.971. The van der Waals surface area contributed by atoms with Crippen LogP contribution in [0.5, 0.6) is 0 Å². The van der Waals surface area contributed by atoms with Crippen LogP contribution in [0, 0.1) is 25.5 Å². The number of halogens is 2. The number of hydrogen-bond acceptors (Lipinski definition) is 4. The van der Waals surface area contributed by atoms with Crippen LogP contribution >= 0.6 is 0 Å². The number of carbonyl (C=O) groups excluding carboxylic acids is 1. The normalized spacial score (nSPS) is 10.7. The Labute approximate surface area is 136 Å². The van der Waals surface area contributed by atoms with Gasteiger partial charge in [0.2, 0.25) is 5.89 Å². The molecule has 0 spiro atoms. The van der Waals surface area contributed by atoms with Crippen molar-refractivity contribution < 1.29 is 18.0 Å². The van der Waals surface area contributed by atoms with E-state index in [0.717, 1.165) is 28.8 Å². The zero-order valence-corrected chi connectivity index (χ0v) is 12.9. The lowest BCUT2D eigenvalue weighted by Crippen LogP contribution is -2.14. The lowest BCUT2D eigenvalue weighted by atomic mass is 10.1. The van der Waals surface area contributed by atoms with Gasteiger partial charge in [-0.2, -0.15) is 0 Å². The molecule has 3 aromatic rings. The summed E-state index contributed by atoms with van der Waals surface area (Å²) in [6.07, 6.45) is 0. The Bertz CT molecular complexity index is 922. The van der Waals surface area contributed by atoms with Crippen LogP contribution in [0.25, 0.3) is 11.5 Å². The molecule has 5 nitrogen and oxygen atoms in total. The summed E-state index contributed by atoms with van der Waals surface area (Å²) in [5.41, 5.74) is 2.39. The van der Waals surface area contributed by atoms with Crippen molar-refractivity contribution in [2.45, 2.75) is 13.8 Å². The lowest BCUT2D eigenvalue weighted by Gasteiger charge is -2.03. The van der Waals surface area contributed by atoms with Gasteiger partial charge in [0.1, 0.15) is 11.6 Å². The average molecular weight is 329 g/mol. The fraction of sp³-hybridized carbons (Fsp3) is 0.118. The Morgan fingerprint density at radius 1 is 1.08 bits per heavy atom. The minimum absolute atomic E-state index is 0.167. The molecular formula is C17H13F2N3O2. The molecule has 0 atom stereocenters. The maximum Gasteiger partial charge on any atom is 0.322 e. The molecule has 0 saturated heterocycles. The van der Waals surface area contributed by atoms with Crippen LogP contribution in [0.15, 0.2) is 40.8 Å². The van der Waals surface area contributed by atoms with Gasteiger partial charge in [-0.15, -0.1) is 5.10 Å². The monoisotopic (exact) mass is 329 g/mol. The number of nitrogens with one attached hydrogen (secondary N) is 1. The number of anilines is 1. The first-order valence-electron chi connectivity index (χ1n) is 7.11. The van der Waals surface area contributed by atoms with Crippen LogP contribution in [0.3, 0.4) is 0 Å². The summed E-state index contributed by atoms with van der Waals surface area (Å²) in [5, 5.41) is 9.92. The summed E-state index contributed by atoms with van der Waals surface area (Å²) in [4.78, 5) is 12.0. The van der Waals surface area contributed by atoms with Gasteiger partial charge in [0.15, 0.2) is 0 Å². The van der Waals surface area contributed by atoms with Crippen molar-refractivity contribution in [2.24, 2.45) is 0 Å². The van der Waals surface area contributed by atoms with Gasteiger partial charge in [-0.05, 0) is 37.6 Å². The zero-order valence-electron chi connectivity index (χ0n) is 12.9. The first kappa shape index (κ1) is 15.8. The van der Waals surface area contributed by atoms with Crippen LogP contribution in [-0.4, -0.2) is 16.1 Å². The molecule has 1 N–H and O–H groups in total. The number of carbonyl (C=O) groups is 1. The summed E-state index contributed by atoms with van der Waals surface area (Å²) in [7, 11) is 0. The van der Waals surface area contributed by atoms with E-state index in [1.807, 2.05) is 32.0 Å². The smallest absolute Gasteiger partial charge is 0.322 e. The Morgan fingerprint density at radius 3 is 2.62 bits per heavy atom. The maximum atomic E-state index is 13.6. The topological polar surface area (TPSA) is 68.0 Å². The number of hydrogen-bond donors (Lipinski definition) is 1. The number of nitrogens with zero attached hydrogens (tertiary/aromatic N) is 2. The highest BCUT2D eigenvalue weighted by Crippen LogP contribution is 2.24. The average Bonchev–Trinajstić information content (AvgIpc) is 2.97. The highest BCUT2D eigenvalue weighted by Gasteiger charge is 2.17. The third-order valence-corrected chi connectivity index (χ3v) is 3.44. The van der Waals surface area contributed by atoms with Gasteiger partial charge in [0.25, 0.3) is 5.91 Å². The summed E-state index contributed by atoms with van der Waals surface area (Å²) in [5.74, 6) is -2.30. The van der Waals surface area contributed by atoms with Gasteiger partial charge < -0.3 is 4.42 Å². The lowest BCUT2D eigenvalue weighted by molar-refractivity contribution is 0.102. The van der Waals surface area contributed by atoms with Crippen molar-refractivity contribution in [1.29, 1.82) is 0 Å². The van der Waals surface area contributed by atoms with E-state index in [2.05, 4.69) is 15.5 Å². The molecule has 0 bridgehead atoms. The number of aromatic nitrogens is 2. The standard InChI is InChI=1S/C17H13F2N3O2/c1-9-3-4-10(2)13(7-9)16-21-22-17(24-16)20-15(23)12-6-5-11(18)8-14(12)19/h3-8H,1-2H3,(H,20,22,23). The third kappa shape index (κ3) is 3.15. The molecule has 1 heterocycles. The van der Waals surface area contributed by atoms with Gasteiger partial charge in [-0.1, -0.05) is 22.8 Å². The fourth-order valence-corrected chi connectivity index (χ4v) is 2.19. The molecule has 122 valence electrons. The van der Waals surface area contributed by atoms with Crippen LogP contribution in [0.4, 0.5) is 14.8 Å². The molecule has 3 rings (SSSR count). The van der Waals surface area contributed by atoms with Crippen molar-refractivity contribution in [3.63, 3.8) is 0 Å². The first-order chi connectivity index (χ1) is 11.4. The Hall–Kier alpha value is -3.09. The summed E-state index contributed by atoms with van der Waals surface area (Å²) in [6.45, 7) is 3.82. The van der Waals surface area contributed by atoms with Gasteiger partial charge in [-0.3, -0.25) is 10.1 Å². The quantitative estimate of drug-likeness (QED) is 0.792. The fourth-order valence-electron chi connectivity index (χ4n) is 2.19. The molecular weight excluding hydrogens is 316 g/mol. The molecule has 0 aliphatic heterocycles. The Morgan fingerprint density at radius 2 is 1.88 bits per heavy atom. The highest BCUT2D eigenvalue weighted by atomic mass is 19.1. The second kappa shape index (κ2) is 6.19. The third-order valence-electron chi connectivity index (χ3n) is 3.44. The van der Waals surface area contributed by atoms with Crippen molar-refractivity contribution in [3.8, 4) is 11.5 Å². The number of amides is 1. The first-order valence-corrected chi connectivity index (χ1v) is 7.11. The second-order valence-corrected chi connectivity index (χ2v) is 5.31. The van der Waals surface area contributed by atoms with E-state index in [4.69, 9.17) is 4.42 Å². The van der Waals surface area contributed by atoms with Crippen molar-refractivity contribution in [1.82, 2.24) is 10.2 Å². The van der Waals surface area contributed by atoms with Gasteiger partial charge >= 0.3 is 6.01 Å². The van der Waals surface area contributed by atoms with Crippen molar-refractivity contribution in [3.05, 3.63) is 64.7 Å². The number of benzene rings is 2. The molecule has 0 aliphatic carbocycles. The van der Waals surface area contributed by atoms with Gasteiger partial charge in [-0.25, -0.2) is 8.78 Å². The second-order valence-electron chi connectivity index (χ2n) is 5.31. The largest absolute Gasteiger partial charge is 0.403 e. The molecule has 0 aliphatic rings. The molecule has 24 heavy (non-hydrogen) atoms. The Balaban J connectivity index is 1.83. The van der Waals surface area contributed by atoms with Crippen molar-refractivity contribution in [2.75, 3.05) is 5.32 Å². The molecule has 2 aromatic carbocycles.